The second-order valence-electron chi connectivity index (χ2n) is 5.48. The molecule has 0 bridgehead atoms. The largest absolute Gasteiger partial charge is 0.392 e. The van der Waals surface area contributed by atoms with Crippen molar-refractivity contribution in [3.05, 3.63) is 29.8 Å². The predicted octanol–water partition coefficient (Wildman–Crippen LogP) is 1.06. The number of benzene rings is 1. The molecule has 1 saturated heterocycles. The molecule has 0 saturated carbocycles. The highest BCUT2D eigenvalue weighted by atomic mass is 19.1. The maximum Gasteiger partial charge on any atom is 0.149 e. The van der Waals surface area contributed by atoms with Crippen molar-refractivity contribution in [2.75, 3.05) is 50.7 Å². The van der Waals surface area contributed by atoms with E-state index < -0.39 is 11.6 Å². The topological polar surface area (TPSA) is 38.7 Å². The number of nitrogens with one attached hydrogen (secondary N) is 1. The molecule has 2 rings (SSSR count). The molecule has 1 aliphatic heterocycles. The van der Waals surface area contributed by atoms with Gasteiger partial charge in [0.1, 0.15) is 11.6 Å². The van der Waals surface area contributed by atoms with Crippen LogP contribution in [-0.2, 0) is 0 Å². The molecule has 1 aliphatic rings. The number of halogens is 2. The van der Waals surface area contributed by atoms with Gasteiger partial charge in [-0.25, -0.2) is 8.78 Å². The van der Waals surface area contributed by atoms with Crippen LogP contribution in [0.5, 0.6) is 0 Å². The first-order chi connectivity index (χ1) is 10.1. The van der Waals surface area contributed by atoms with Crippen LogP contribution in [-0.4, -0.2) is 61.9 Å². The molecule has 21 heavy (non-hydrogen) atoms. The minimum Gasteiger partial charge on any atom is -0.392 e. The van der Waals surface area contributed by atoms with Gasteiger partial charge < -0.3 is 15.3 Å². The van der Waals surface area contributed by atoms with Crippen LogP contribution in [0.15, 0.2) is 18.2 Å². The first kappa shape index (κ1) is 16.1. The van der Waals surface area contributed by atoms with Gasteiger partial charge in [0, 0.05) is 51.9 Å². The number of hydrogen-bond donors (Lipinski definition) is 2. The third-order valence-electron chi connectivity index (χ3n) is 3.67. The molecule has 1 heterocycles. The summed E-state index contributed by atoms with van der Waals surface area (Å²) in [5.74, 6) is -1.04. The van der Waals surface area contributed by atoms with Gasteiger partial charge in [0.25, 0.3) is 0 Å². The lowest BCUT2D eigenvalue weighted by atomic mass is 10.2. The fourth-order valence-corrected chi connectivity index (χ4v) is 2.50. The fourth-order valence-electron chi connectivity index (χ4n) is 2.50. The molecule has 0 aliphatic carbocycles. The molecule has 4 nitrogen and oxygen atoms in total. The summed E-state index contributed by atoms with van der Waals surface area (Å²) in [6.45, 7) is 7.27. The van der Waals surface area contributed by atoms with E-state index in [-0.39, 0.29) is 6.10 Å². The van der Waals surface area contributed by atoms with Crippen LogP contribution in [0.3, 0.4) is 0 Å². The van der Waals surface area contributed by atoms with E-state index in [2.05, 4.69) is 10.2 Å². The van der Waals surface area contributed by atoms with Crippen LogP contribution in [0, 0.1) is 11.6 Å². The monoisotopic (exact) mass is 299 g/mol. The number of piperazine rings is 1. The average molecular weight is 299 g/mol. The highest BCUT2D eigenvalue weighted by molar-refractivity contribution is 5.48. The molecule has 1 unspecified atom stereocenters. The van der Waals surface area contributed by atoms with Crippen LogP contribution in [0.2, 0.25) is 0 Å². The normalized spacial score (nSPS) is 18.0. The van der Waals surface area contributed by atoms with Crippen LogP contribution in [0.1, 0.15) is 6.92 Å². The van der Waals surface area contributed by atoms with E-state index in [1.807, 2.05) is 4.90 Å². The Hall–Kier alpha value is -1.24. The predicted molar refractivity (Wildman–Crippen MR) is 79.6 cm³/mol. The first-order valence-corrected chi connectivity index (χ1v) is 7.37. The van der Waals surface area contributed by atoms with Crippen LogP contribution in [0.25, 0.3) is 0 Å². The van der Waals surface area contributed by atoms with Crippen molar-refractivity contribution >= 4 is 5.69 Å². The lowest BCUT2D eigenvalue weighted by Crippen LogP contribution is -2.48. The van der Waals surface area contributed by atoms with E-state index in [9.17, 15) is 8.78 Å². The molecule has 6 heteroatoms. The molecule has 0 radical (unpaired) electrons. The molecular formula is C15H23F2N3O. The molecule has 0 amide bonds. The Balaban J connectivity index is 1.75. The molecule has 1 aromatic rings. The summed E-state index contributed by atoms with van der Waals surface area (Å²) in [4.78, 5) is 4.25. The number of aliphatic hydroxyl groups is 1. The number of hydrogen-bond acceptors (Lipinski definition) is 4. The summed E-state index contributed by atoms with van der Waals surface area (Å²) in [5.41, 5.74) is 0.475. The highest BCUT2D eigenvalue weighted by Gasteiger charge is 2.19. The van der Waals surface area contributed by atoms with E-state index in [0.29, 0.717) is 12.2 Å². The summed E-state index contributed by atoms with van der Waals surface area (Å²) in [5, 5.41) is 12.3. The lowest BCUT2D eigenvalue weighted by Gasteiger charge is -2.36. The van der Waals surface area contributed by atoms with Crippen LogP contribution >= 0.6 is 0 Å². The van der Waals surface area contributed by atoms with E-state index in [1.165, 1.54) is 12.1 Å². The van der Waals surface area contributed by atoms with Crippen LogP contribution < -0.4 is 10.2 Å². The Kier molecular flexibility index (Phi) is 5.90. The Morgan fingerprint density at radius 3 is 2.57 bits per heavy atom. The quantitative estimate of drug-likeness (QED) is 0.771. The maximum absolute atomic E-state index is 13.7. The Bertz CT molecular complexity index is 449. The van der Waals surface area contributed by atoms with E-state index in [4.69, 9.17) is 5.11 Å². The molecular weight excluding hydrogens is 276 g/mol. The molecule has 1 atom stereocenters. The Morgan fingerprint density at radius 2 is 1.95 bits per heavy atom. The second-order valence-corrected chi connectivity index (χ2v) is 5.48. The number of anilines is 1. The Morgan fingerprint density at radius 1 is 1.24 bits per heavy atom. The van der Waals surface area contributed by atoms with Crippen molar-refractivity contribution in [3.63, 3.8) is 0 Å². The van der Waals surface area contributed by atoms with Gasteiger partial charge >= 0.3 is 0 Å². The summed E-state index contributed by atoms with van der Waals surface area (Å²) >= 11 is 0. The van der Waals surface area contributed by atoms with Crippen molar-refractivity contribution in [2.45, 2.75) is 13.0 Å². The molecule has 1 aromatic carbocycles. The number of aliphatic hydroxyl groups excluding tert-OH is 1. The third kappa shape index (κ3) is 4.91. The van der Waals surface area contributed by atoms with Crippen molar-refractivity contribution in [1.82, 2.24) is 10.2 Å². The minimum absolute atomic E-state index is 0.330. The number of rotatable bonds is 6. The van der Waals surface area contributed by atoms with Gasteiger partial charge in [-0.2, -0.15) is 0 Å². The standard InChI is InChI=1S/C15H23F2N3O/c1-12(21)11-18-4-5-19-6-8-20(9-7-19)15-3-2-13(16)10-14(15)17/h2-3,10,12,18,21H,4-9,11H2,1H3. The van der Waals surface area contributed by atoms with Gasteiger partial charge in [-0.15, -0.1) is 0 Å². The van der Waals surface area contributed by atoms with Crippen molar-refractivity contribution in [2.24, 2.45) is 0 Å². The SMILES string of the molecule is CC(O)CNCCN1CCN(c2ccc(F)cc2F)CC1. The molecule has 2 N–H and O–H groups in total. The summed E-state index contributed by atoms with van der Waals surface area (Å²) in [6.07, 6.45) is -0.330. The lowest BCUT2D eigenvalue weighted by molar-refractivity contribution is 0.187. The second kappa shape index (κ2) is 7.68. The smallest absolute Gasteiger partial charge is 0.149 e. The minimum atomic E-state index is -0.543. The zero-order chi connectivity index (χ0) is 15.2. The number of nitrogens with zero attached hydrogens (tertiary/aromatic N) is 2. The first-order valence-electron chi connectivity index (χ1n) is 7.37. The van der Waals surface area contributed by atoms with E-state index >= 15 is 0 Å². The van der Waals surface area contributed by atoms with Gasteiger partial charge in [0.15, 0.2) is 0 Å². The average Bonchev–Trinajstić information content (AvgIpc) is 2.44. The maximum atomic E-state index is 13.7. The van der Waals surface area contributed by atoms with Crippen molar-refractivity contribution < 1.29 is 13.9 Å². The van der Waals surface area contributed by atoms with Gasteiger partial charge in [-0.1, -0.05) is 0 Å². The summed E-state index contributed by atoms with van der Waals surface area (Å²) in [6, 6.07) is 3.73. The van der Waals surface area contributed by atoms with Gasteiger partial charge in [0.05, 0.1) is 11.8 Å². The van der Waals surface area contributed by atoms with E-state index in [0.717, 1.165) is 45.3 Å². The zero-order valence-electron chi connectivity index (χ0n) is 12.4. The molecule has 118 valence electrons. The van der Waals surface area contributed by atoms with E-state index in [1.54, 1.807) is 6.92 Å². The van der Waals surface area contributed by atoms with Gasteiger partial charge in [-0.3, -0.25) is 4.90 Å². The summed E-state index contributed by atoms with van der Waals surface area (Å²) in [7, 11) is 0. The van der Waals surface area contributed by atoms with Crippen molar-refractivity contribution in [1.29, 1.82) is 0 Å². The molecule has 0 aromatic heterocycles. The third-order valence-corrected chi connectivity index (χ3v) is 3.67. The molecule has 0 spiro atoms. The van der Waals surface area contributed by atoms with Crippen molar-refractivity contribution in [3.8, 4) is 0 Å². The van der Waals surface area contributed by atoms with Crippen LogP contribution in [0.4, 0.5) is 14.5 Å². The fraction of sp³-hybridized carbons (Fsp3) is 0.600. The molecule has 1 fully saturated rings. The Labute approximate surface area is 124 Å². The highest BCUT2D eigenvalue weighted by Crippen LogP contribution is 2.21. The zero-order valence-corrected chi connectivity index (χ0v) is 12.4. The van der Waals surface area contributed by atoms with Gasteiger partial charge in [0.2, 0.25) is 0 Å². The van der Waals surface area contributed by atoms with Gasteiger partial charge in [-0.05, 0) is 19.1 Å². The summed E-state index contributed by atoms with van der Waals surface area (Å²) < 4.78 is 26.6.